The molecule has 1 aliphatic carbocycles. The minimum absolute atomic E-state index is 0.00221. The number of hydrogen-bond acceptors (Lipinski definition) is 9. The highest BCUT2D eigenvalue weighted by molar-refractivity contribution is 7.98. The summed E-state index contributed by atoms with van der Waals surface area (Å²) in [5, 5.41) is 5.40. The molecule has 5 rings (SSSR count). The van der Waals surface area contributed by atoms with Gasteiger partial charge in [-0.05, 0) is 52.4 Å². The van der Waals surface area contributed by atoms with E-state index in [4.69, 9.17) is 24.4 Å². The lowest BCUT2D eigenvalue weighted by molar-refractivity contribution is -0.157. The molecule has 0 unspecified atom stereocenters. The molecule has 32 heavy (non-hydrogen) atoms. The molecule has 9 heteroatoms. The van der Waals surface area contributed by atoms with E-state index in [-0.39, 0.29) is 18.2 Å². The van der Waals surface area contributed by atoms with E-state index in [2.05, 4.69) is 17.2 Å². The number of hydrogen-bond donors (Lipinski definition) is 1. The summed E-state index contributed by atoms with van der Waals surface area (Å²) in [5.74, 6) is 0.720. The van der Waals surface area contributed by atoms with E-state index in [0.29, 0.717) is 5.92 Å². The SMILES string of the molecule is CC[C@H]1C[C@@H](Nc2nc(SC)nc(C)c2-c2nc3c(C)nccc3s2)[C@@H]2OC(C)(C)O[C@H]12. The molecule has 2 aliphatic rings. The number of thiazole rings is 1. The van der Waals surface area contributed by atoms with Crippen LogP contribution in [0.5, 0.6) is 0 Å². The largest absolute Gasteiger partial charge is 0.364 e. The monoisotopic (exact) mass is 471 g/mol. The number of aromatic nitrogens is 4. The zero-order valence-corrected chi connectivity index (χ0v) is 20.9. The lowest BCUT2D eigenvalue weighted by Gasteiger charge is -2.25. The number of anilines is 1. The van der Waals surface area contributed by atoms with Crippen molar-refractivity contribution in [2.75, 3.05) is 11.6 Å². The van der Waals surface area contributed by atoms with Crippen LogP contribution in [0, 0.1) is 19.8 Å². The van der Waals surface area contributed by atoms with Gasteiger partial charge >= 0.3 is 0 Å². The Balaban J connectivity index is 1.56. The summed E-state index contributed by atoms with van der Waals surface area (Å²) in [7, 11) is 0. The Morgan fingerprint density at radius 1 is 1.16 bits per heavy atom. The van der Waals surface area contributed by atoms with Crippen LogP contribution in [0.15, 0.2) is 17.4 Å². The van der Waals surface area contributed by atoms with Crippen molar-refractivity contribution in [1.82, 2.24) is 19.9 Å². The Morgan fingerprint density at radius 3 is 2.66 bits per heavy atom. The Morgan fingerprint density at radius 2 is 1.94 bits per heavy atom. The molecule has 1 saturated heterocycles. The zero-order chi connectivity index (χ0) is 22.6. The summed E-state index contributed by atoms with van der Waals surface area (Å²) in [6.07, 6.45) is 5.99. The van der Waals surface area contributed by atoms with Crippen LogP contribution >= 0.6 is 23.1 Å². The van der Waals surface area contributed by atoms with Gasteiger partial charge < -0.3 is 14.8 Å². The van der Waals surface area contributed by atoms with Gasteiger partial charge in [0.15, 0.2) is 10.9 Å². The summed E-state index contributed by atoms with van der Waals surface area (Å²) in [5.41, 5.74) is 3.75. The number of nitrogens with one attached hydrogen (secondary N) is 1. The average Bonchev–Trinajstić information content (AvgIpc) is 3.39. The van der Waals surface area contributed by atoms with Gasteiger partial charge in [0.25, 0.3) is 0 Å². The van der Waals surface area contributed by atoms with Crippen molar-refractivity contribution in [2.24, 2.45) is 5.92 Å². The molecule has 170 valence electrons. The lowest BCUT2D eigenvalue weighted by Crippen LogP contribution is -2.35. The third kappa shape index (κ3) is 3.79. The molecule has 4 heterocycles. The molecule has 1 saturated carbocycles. The normalized spacial score (nSPS) is 26.6. The number of aryl methyl sites for hydroxylation is 2. The fourth-order valence-corrected chi connectivity index (χ4v) is 6.41. The van der Waals surface area contributed by atoms with E-state index in [1.807, 2.05) is 46.2 Å². The van der Waals surface area contributed by atoms with Crippen LogP contribution in [-0.4, -0.2) is 50.2 Å². The Bertz CT molecular complexity index is 1160. The van der Waals surface area contributed by atoms with Crippen LogP contribution in [0.2, 0.25) is 0 Å². The third-order valence-corrected chi connectivity index (χ3v) is 7.97. The molecule has 0 spiro atoms. The third-order valence-electron chi connectivity index (χ3n) is 6.38. The van der Waals surface area contributed by atoms with Crippen LogP contribution in [0.3, 0.4) is 0 Å². The summed E-state index contributed by atoms with van der Waals surface area (Å²) >= 11 is 3.20. The average molecular weight is 472 g/mol. The number of rotatable bonds is 5. The molecular weight excluding hydrogens is 442 g/mol. The molecule has 1 N–H and O–H groups in total. The van der Waals surface area contributed by atoms with Gasteiger partial charge in [-0.3, -0.25) is 4.98 Å². The van der Waals surface area contributed by atoms with Crippen LogP contribution in [0.1, 0.15) is 45.0 Å². The molecule has 3 aromatic rings. The fraction of sp³-hybridized carbons (Fsp3) is 0.565. The van der Waals surface area contributed by atoms with Gasteiger partial charge in [0, 0.05) is 6.20 Å². The Hall–Kier alpha value is -1.81. The quantitative estimate of drug-likeness (QED) is 0.401. The second-order valence-corrected chi connectivity index (χ2v) is 10.8. The molecule has 4 atom stereocenters. The van der Waals surface area contributed by atoms with E-state index in [9.17, 15) is 0 Å². The number of ether oxygens (including phenoxy) is 2. The van der Waals surface area contributed by atoms with E-state index < -0.39 is 5.79 Å². The predicted octanol–water partition coefficient (Wildman–Crippen LogP) is 5.22. The maximum Gasteiger partial charge on any atom is 0.189 e. The van der Waals surface area contributed by atoms with Crippen LogP contribution < -0.4 is 5.32 Å². The van der Waals surface area contributed by atoms with Crippen LogP contribution in [-0.2, 0) is 9.47 Å². The predicted molar refractivity (Wildman–Crippen MR) is 129 cm³/mol. The van der Waals surface area contributed by atoms with Crippen LogP contribution in [0.4, 0.5) is 5.82 Å². The number of fused-ring (bicyclic) bond motifs is 2. The maximum atomic E-state index is 6.33. The van der Waals surface area contributed by atoms with Crippen molar-refractivity contribution >= 4 is 39.1 Å². The molecule has 0 bridgehead atoms. The fourth-order valence-electron chi connectivity index (χ4n) is 4.89. The van der Waals surface area contributed by atoms with Gasteiger partial charge in [-0.1, -0.05) is 25.1 Å². The van der Waals surface area contributed by atoms with Crippen molar-refractivity contribution in [2.45, 2.75) is 76.7 Å². The Kier molecular flexibility index (Phi) is 5.64. The topological polar surface area (TPSA) is 82.1 Å². The lowest BCUT2D eigenvalue weighted by atomic mass is 10.0. The van der Waals surface area contributed by atoms with E-state index in [1.165, 1.54) is 0 Å². The van der Waals surface area contributed by atoms with Crippen molar-refractivity contribution in [3.8, 4) is 10.6 Å². The highest BCUT2D eigenvalue weighted by Gasteiger charge is 2.53. The van der Waals surface area contributed by atoms with E-state index in [1.54, 1.807) is 23.1 Å². The van der Waals surface area contributed by atoms with Crippen molar-refractivity contribution in [3.05, 3.63) is 23.7 Å². The minimum atomic E-state index is -0.560. The second-order valence-electron chi connectivity index (χ2n) is 9.00. The molecule has 2 fully saturated rings. The summed E-state index contributed by atoms with van der Waals surface area (Å²) in [6, 6.07) is 2.13. The van der Waals surface area contributed by atoms with Crippen molar-refractivity contribution in [1.29, 1.82) is 0 Å². The number of thioether (sulfide) groups is 1. The van der Waals surface area contributed by atoms with Crippen molar-refractivity contribution < 1.29 is 9.47 Å². The van der Waals surface area contributed by atoms with Gasteiger partial charge in [-0.2, -0.15) is 0 Å². The Labute approximate surface area is 196 Å². The summed E-state index contributed by atoms with van der Waals surface area (Å²) in [6.45, 7) is 10.2. The molecule has 0 radical (unpaired) electrons. The van der Waals surface area contributed by atoms with Gasteiger partial charge in [0.2, 0.25) is 0 Å². The van der Waals surface area contributed by atoms with Crippen LogP contribution in [0.25, 0.3) is 20.8 Å². The first-order chi connectivity index (χ1) is 15.3. The molecule has 1 aliphatic heterocycles. The first-order valence-corrected chi connectivity index (χ1v) is 13.1. The van der Waals surface area contributed by atoms with Gasteiger partial charge in [-0.25, -0.2) is 15.0 Å². The standard InChI is InChI=1S/C23H29N5O2S2/c1-7-13-10-14(19-18(13)29-23(4,5)30-19)26-20-16(11(2)25-22(28-20)31-6)21-27-17-12(3)24-9-8-15(17)32-21/h8-9,13-14,18-19H,7,10H2,1-6H3,(H,25,26,28)/t13-,14+,18+,19-/m0/s1. The maximum absolute atomic E-state index is 6.33. The smallest absolute Gasteiger partial charge is 0.189 e. The molecule has 0 aromatic carbocycles. The van der Waals surface area contributed by atoms with Gasteiger partial charge in [0.1, 0.15) is 22.4 Å². The van der Waals surface area contributed by atoms with Gasteiger partial charge in [0.05, 0.1) is 33.8 Å². The number of nitrogens with zero attached hydrogens (tertiary/aromatic N) is 4. The highest BCUT2D eigenvalue weighted by Crippen LogP contribution is 2.45. The van der Waals surface area contributed by atoms with E-state index >= 15 is 0 Å². The van der Waals surface area contributed by atoms with Gasteiger partial charge in [-0.15, -0.1) is 11.3 Å². The molecule has 3 aromatic heterocycles. The first-order valence-electron chi connectivity index (χ1n) is 11.1. The molecular formula is C23H29N5O2S2. The molecule has 7 nitrogen and oxygen atoms in total. The molecule has 0 amide bonds. The minimum Gasteiger partial charge on any atom is -0.364 e. The van der Waals surface area contributed by atoms with Crippen molar-refractivity contribution in [3.63, 3.8) is 0 Å². The zero-order valence-electron chi connectivity index (χ0n) is 19.3. The highest BCUT2D eigenvalue weighted by atomic mass is 32.2. The second kappa shape index (κ2) is 8.20. The summed E-state index contributed by atoms with van der Waals surface area (Å²) in [4.78, 5) is 18.9. The van der Waals surface area contributed by atoms with E-state index in [0.717, 1.165) is 56.0 Å². The number of pyridine rings is 1. The summed E-state index contributed by atoms with van der Waals surface area (Å²) < 4.78 is 13.7. The first kappa shape index (κ1) is 22.0.